The molecule has 0 spiro atoms. The van der Waals surface area contributed by atoms with E-state index in [0.717, 1.165) is 30.2 Å². The van der Waals surface area contributed by atoms with Crippen molar-refractivity contribution in [3.8, 4) is 0 Å². The number of pyridine rings is 1. The summed E-state index contributed by atoms with van der Waals surface area (Å²) in [5.41, 5.74) is 2.36. The molecule has 2 aromatic rings. The quantitative estimate of drug-likeness (QED) is 0.785. The smallest absolute Gasteiger partial charge is 0.319 e. The van der Waals surface area contributed by atoms with Crippen molar-refractivity contribution in [2.45, 2.75) is 27.3 Å². The summed E-state index contributed by atoms with van der Waals surface area (Å²) in [6, 6.07) is 10.7. The number of urea groups is 1. The number of nitrogens with one attached hydrogen (secondary N) is 2. The molecule has 0 aliphatic rings. The van der Waals surface area contributed by atoms with Crippen molar-refractivity contribution < 1.29 is 9.59 Å². The third kappa shape index (κ3) is 5.70. The topological polar surface area (TPSA) is 77.6 Å². The van der Waals surface area contributed by atoms with E-state index in [2.05, 4.69) is 34.4 Å². The molecule has 0 saturated carbocycles. The number of hydrogen-bond acceptors (Lipinski definition) is 4. The van der Waals surface area contributed by atoms with Gasteiger partial charge < -0.3 is 20.4 Å². The highest BCUT2D eigenvalue weighted by Gasteiger charge is 2.07. The number of nitrogens with zero attached hydrogens (tertiary/aromatic N) is 3. The fourth-order valence-corrected chi connectivity index (χ4v) is 2.56. The SMILES string of the molecule is CCN(CC)c1ccc(CNC(=O)Nc2ccc(N(C)C(C)=O)cc2)cn1. The third-order valence-electron chi connectivity index (χ3n) is 4.33. The molecule has 0 saturated heterocycles. The summed E-state index contributed by atoms with van der Waals surface area (Å²) < 4.78 is 0. The number of aromatic nitrogens is 1. The standard InChI is InChI=1S/C20H27N5O2/c1-5-25(6-2)19-12-7-16(13-21-19)14-22-20(27)23-17-8-10-18(11-9-17)24(4)15(3)26/h7-13H,5-6,14H2,1-4H3,(H2,22,23,27). The second-order valence-corrected chi connectivity index (χ2v) is 6.13. The van der Waals surface area contributed by atoms with Crippen LogP contribution >= 0.6 is 0 Å². The van der Waals surface area contributed by atoms with Crippen LogP contribution in [0.2, 0.25) is 0 Å². The zero-order valence-corrected chi connectivity index (χ0v) is 16.3. The molecule has 7 nitrogen and oxygen atoms in total. The molecule has 27 heavy (non-hydrogen) atoms. The average Bonchev–Trinajstić information content (AvgIpc) is 2.68. The normalized spacial score (nSPS) is 10.2. The zero-order valence-electron chi connectivity index (χ0n) is 16.3. The molecular weight excluding hydrogens is 342 g/mol. The Kier molecular flexibility index (Phi) is 7.16. The van der Waals surface area contributed by atoms with E-state index in [9.17, 15) is 9.59 Å². The van der Waals surface area contributed by atoms with Crippen LogP contribution in [0.5, 0.6) is 0 Å². The summed E-state index contributed by atoms with van der Waals surface area (Å²) in [7, 11) is 1.71. The number of benzene rings is 1. The van der Waals surface area contributed by atoms with Crippen molar-refractivity contribution in [2.75, 3.05) is 35.3 Å². The molecule has 0 fully saturated rings. The summed E-state index contributed by atoms with van der Waals surface area (Å²) in [6.45, 7) is 7.89. The monoisotopic (exact) mass is 369 g/mol. The Labute approximate surface area is 160 Å². The maximum absolute atomic E-state index is 12.1. The first-order valence-corrected chi connectivity index (χ1v) is 9.03. The van der Waals surface area contributed by atoms with Crippen LogP contribution in [-0.4, -0.2) is 37.1 Å². The molecule has 0 bridgehead atoms. The Balaban J connectivity index is 1.86. The Bertz CT molecular complexity index is 755. The minimum atomic E-state index is -0.296. The molecule has 0 aliphatic heterocycles. The van der Waals surface area contributed by atoms with Crippen molar-refractivity contribution >= 4 is 29.1 Å². The zero-order chi connectivity index (χ0) is 19.8. The predicted molar refractivity (Wildman–Crippen MR) is 109 cm³/mol. The highest BCUT2D eigenvalue weighted by molar-refractivity contribution is 5.92. The van der Waals surface area contributed by atoms with Gasteiger partial charge in [0.2, 0.25) is 5.91 Å². The van der Waals surface area contributed by atoms with Crippen LogP contribution in [0.15, 0.2) is 42.6 Å². The lowest BCUT2D eigenvalue weighted by molar-refractivity contribution is -0.116. The molecule has 1 aromatic carbocycles. The maximum Gasteiger partial charge on any atom is 0.319 e. The van der Waals surface area contributed by atoms with Gasteiger partial charge in [-0.3, -0.25) is 4.79 Å². The number of carbonyl (C=O) groups excluding carboxylic acids is 2. The van der Waals surface area contributed by atoms with E-state index in [4.69, 9.17) is 0 Å². The van der Waals surface area contributed by atoms with Gasteiger partial charge in [-0.2, -0.15) is 0 Å². The largest absolute Gasteiger partial charge is 0.357 e. The Morgan fingerprint density at radius 3 is 2.22 bits per heavy atom. The van der Waals surface area contributed by atoms with E-state index in [-0.39, 0.29) is 11.9 Å². The van der Waals surface area contributed by atoms with E-state index in [1.807, 2.05) is 12.1 Å². The van der Waals surface area contributed by atoms with E-state index >= 15 is 0 Å². The van der Waals surface area contributed by atoms with Gasteiger partial charge in [-0.25, -0.2) is 9.78 Å². The van der Waals surface area contributed by atoms with Crippen molar-refractivity contribution in [3.63, 3.8) is 0 Å². The van der Waals surface area contributed by atoms with Gasteiger partial charge in [0.15, 0.2) is 0 Å². The van der Waals surface area contributed by atoms with Crippen molar-refractivity contribution in [1.29, 1.82) is 0 Å². The van der Waals surface area contributed by atoms with Crippen LogP contribution in [-0.2, 0) is 11.3 Å². The summed E-state index contributed by atoms with van der Waals surface area (Å²) in [5, 5.41) is 5.58. The Morgan fingerprint density at radius 2 is 1.70 bits per heavy atom. The van der Waals surface area contributed by atoms with Gasteiger partial charge in [0.05, 0.1) is 0 Å². The fourth-order valence-electron chi connectivity index (χ4n) is 2.56. The lowest BCUT2D eigenvalue weighted by Gasteiger charge is -2.19. The van der Waals surface area contributed by atoms with E-state index in [1.165, 1.54) is 6.92 Å². The first kappa shape index (κ1) is 20.2. The first-order chi connectivity index (χ1) is 12.9. The highest BCUT2D eigenvalue weighted by Crippen LogP contribution is 2.17. The van der Waals surface area contributed by atoms with Gasteiger partial charge in [0.25, 0.3) is 0 Å². The van der Waals surface area contributed by atoms with Gasteiger partial charge in [-0.1, -0.05) is 6.07 Å². The molecule has 0 atom stereocenters. The lowest BCUT2D eigenvalue weighted by Crippen LogP contribution is -2.28. The van der Waals surface area contributed by atoms with E-state index < -0.39 is 0 Å². The number of rotatable bonds is 7. The Morgan fingerprint density at radius 1 is 1.04 bits per heavy atom. The van der Waals surface area contributed by atoms with Crippen LogP contribution < -0.4 is 20.4 Å². The van der Waals surface area contributed by atoms with Gasteiger partial charge in [-0.05, 0) is 49.7 Å². The molecule has 0 unspecified atom stereocenters. The first-order valence-electron chi connectivity index (χ1n) is 9.03. The van der Waals surface area contributed by atoms with Gasteiger partial charge >= 0.3 is 6.03 Å². The second kappa shape index (κ2) is 9.56. The lowest BCUT2D eigenvalue weighted by atomic mass is 10.2. The third-order valence-corrected chi connectivity index (χ3v) is 4.33. The fraction of sp³-hybridized carbons (Fsp3) is 0.350. The van der Waals surface area contributed by atoms with E-state index in [1.54, 1.807) is 42.4 Å². The number of anilines is 3. The molecule has 1 heterocycles. The minimum Gasteiger partial charge on any atom is -0.357 e. The van der Waals surface area contributed by atoms with Gasteiger partial charge in [-0.15, -0.1) is 0 Å². The van der Waals surface area contributed by atoms with Crippen molar-refractivity contribution in [3.05, 3.63) is 48.2 Å². The molecule has 7 heteroatoms. The molecule has 0 radical (unpaired) electrons. The number of carbonyl (C=O) groups is 2. The van der Waals surface area contributed by atoms with Gasteiger partial charge in [0, 0.05) is 51.2 Å². The number of hydrogen-bond donors (Lipinski definition) is 2. The molecule has 2 rings (SSSR count). The summed E-state index contributed by atoms with van der Waals surface area (Å²) in [5.74, 6) is 0.887. The van der Waals surface area contributed by atoms with Crippen molar-refractivity contribution in [1.82, 2.24) is 10.3 Å². The molecule has 144 valence electrons. The van der Waals surface area contributed by atoms with Crippen LogP contribution in [0.3, 0.4) is 0 Å². The van der Waals surface area contributed by atoms with Crippen molar-refractivity contribution in [2.24, 2.45) is 0 Å². The molecular formula is C20H27N5O2. The minimum absolute atomic E-state index is 0.0472. The van der Waals surface area contributed by atoms with Crippen LogP contribution in [0.1, 0.15) is 26.3 Å². The maximum atomic E-state index is 12.1. The second-order valence-electron chi connectivity index (χ2n) is 6.13. The number of amides is 3. The molecule has 2 N–H and O–H groups in total. The average molecular weight is 369 g/mol. The summed E-state index contributed by atoms with van der Waals surface area (Å²) in [6.07, 6.45) is 1.78. The summed E-state index contributed by atoms with van der Waals surface area (Å²) in [4.78, 5) is 31.6. The predicted octanol–water partition coefficient (Wildman–Crippen LogP) is 3.23. The van der Waals surface area contributed by atoms with Crippen LogP contribution in [0.4, 0.5) is 22.0 Å². The molecule has 3 amide bonds. The highest BCUT2D eigenvalue weighted by atomic mass is 16.2. The van der Waals surface area contributed by atoms with Gasteiger partial charge in [0.1, 0.15) is 5.82 Å². The van der Waals surface area contributed by atoms with Crippen LogP contribution in [0.25, 0.3) is 0 Å². The Hall–Kier alpha value is -3.09. The van der Waals surface area contributed by atoms with Crippen LogP contribution in [0, 0.1) is 0 Å². The molecule has 1 aromatic heterocycles. The molecule has 0 aliphatic carbocycles. The summed E-state index contributed by atoms with van der Waals surface area (Å²) >= 11 is 0. The van der Waals surface area contributed by atoms with E-state index in [0.29, 0.717) is 12.2 Å².